The van der Waals surface area contributed by atoms with Crippen molar-refractivity contribution in [1.82, 2.24) is 14.5 Å². The highest BCUT2D eigenvalue weighted by molar-refractivity contribution is 5.76. The number of nitrogens with zero attached hydrogens (tertiary/aromatic N) is 3. The standard InChI is InChI=1S/C25H29N3O/c1-20-17-26-25(23-12-6-3-7-13-23)28(20)19-22-15-16-27(18-22)24(29)14-8-11-21-9-4-2-5-10-21/h2-7,9-10,12-13,17,22H,8,11,14-16,18-19H2,1H3. The number of imidazole rings is 1. The first-order valence-corrected chi connectivity index (χ1v) is 10.6. The summed E-state index contributed by atoms with van der Waals surface area (Å²) in [5, 5.41) is 0. The Labute approximate surface area is 173 Å². The van der Waals surface area contributed by atoms with Gasteiger partial charge < -0.3 is 9.47 Å². The minimum absolute atomic E-state index is 0.300. The molecule has 0 saturated carbocycles. The molecule has 2 heterocycles. The van der Waals surface area contributed by atoms with Gasteiger partial charge in [0.05, 0.1) is 0 Å². The normalized spacial score (nSPS) is 16.3. The Morgan fingerprint density at radius 3 is 2.55 bits per heavy atom. The Morgan fingerprint density at radius 1 is 1.07 bits per heavy atom. The molecule has 0 bridgehead atoms. The molecule has 1 unspecified atom stereocenters. The van der Waals surface area contributed by atoms with E-state index in [1.807, 2.05) is 18.3 Å². The zero-order valence-corrected chi connectivity index (χ0v) is 17.1. The molecule has 3 aromatic rings. The van der Waals surface area contributed by atoms with E-state index in [0.29, 0.717) is 18.2 Å². The van der Waals surface area contributed by atoms with Crippen molar-refractivity contribution in [3.63, 3.8) is 0 Å². The Kier molecular flexibility index (Phi) is 6.09. The molecule has 0 N–H and O–H groups in total. The Bertz CT molecular complexity index is 933. The maximum absolute atomic E-state index is 12.6. The molecule has 1 atom stereocenters. The summed E-state index contributed by atoms with van der Waals surface area (Å²) in [7, 11) is 0. The summed E-state index contributed by atoms with van der Waals surface area (Å²) in [5.74, 6) is 1.81. The molecule has 1 fully saturated rings. The fourth-order valence-electron chi connectivity index (χ4n) is 4.22. The number of carbonyl (C=O) groups excluding carboxylic acids is 1. The van der Waals surface area contributed by atoms with Gasteiger partial charge >= 0.3 is 0 Å². The number of aromatic nitrogens is 2. The average Bonchev–Trinajstić information content (AvgIpc) is 3.37. The molecule has 1 aromatic heterocycles. The van der Waals surface area contributed by atoms with Crippen molar-refractivity contribution in [1.29, 1.82) is 0 Å². The molecular weight excluding hydrogens is 358 g/mol. The van der Waals surface area contributed by atoms with E-state index in [-0.39, 0.29) is 0 Å². The van der Waals surface area contributed by atoms with Gasteiger partial charge in [0.1, 0.15) is 5.82 Å². The maximum atomic E-state index is 12.6. The summed E-state index contributed by atoms with van der Waals surface area (Å²) in [6.45, 7) is 4.77. The number of carbonyl (C=O) groups is 1. The van der Waals surface area contributed by atoms with Crippen LogP contribution in [0.2, 0.25) is 0 Å². The van der Waals surface area contributed by atoms with Crippen LogP contribution < -0.4 is 0 Å². The van der Waals surface area contributed by atoms with Gasteiger partial charge in [-0.15, -0.1) is 0 Å². The topological polar surface area (TPSA) is 38.1 Å². The summed E-state index contributed by atoms with van der Waals surface area (Å²) in [6, 6.07) is 20.8. The van der Waals surface area contributed by atoms with Crippen LogP contribution in [0.25, 0.3) is 11.4 Å². The Hall–Kier alpha value is -2.88. The smallest absolute Gasteiger partial charge is 0.222 e. The zero-order chi connectivity index (χ0) is 20.1. The Morgan fingerprint density at radius 2 is 1.79 bits per heavy atom. The molecular formula is C25H29N3O. The van der Waals surface area contributed by atoms with Crippen LogP contribution >= 0.6 is 0 Å². The third-order valence-electron chi connectivity index (χ3n) is 5.87. The molecule has 29 heavy (non-hydrogen) atoms. The van der Waals surface area contributed by atoms with Crippen LogP contribution in [0, 0.1) is 12.8 Å². The van der Waals surface area contributed by atoms with E-state index in [0.717, 1.165) is 50.3 Å². The van der Waals surface area contributed by atoms with Crippen LogP contribution in [0.3, 0.4) is 0 Å². The first kappa shape index (κ1) is 19.4. The lowest BCUT2D eigenvalue weighted by molar-refractivity contribution is -0.130. The second kappa shape index (κ2) is 9.08. The van der Waals surface area contributed by atoms with Crippen LogP contribution in [0.1, 0.15) is 30.5 Å². The van der Waals surface area contributed by atoms with Crippen LogP contribution in [-0.2, 0) is 17.8 Å². The second-order valence-corrected chi connectivity index (χ2v) is 8.03. The van der Waals surface area contributed by atoms with Gasteiger partial charge in [-0.05, 0) is 37.7 Å². The first-order valence-electron chi connectivity index (χ1n) is 10.6. The SMILES string of the molecule is Cc1cnc(-c2ccccc2)n1CC1CCN(C(=O)CCCc2ccccc2)C1. The van der Waals surface area contributed by atoms with E-state index >= 15 is 0 Å². The van der Waals surface area contributed by atoms with Crippen molar-refractivity contribution in [2.24, 2.45) is 5.92 Å². The zero-order valence-electron chi connectivity index (χ0n) is 17.1. The second-order valence-electron chi connectivity index (χ2n) is 8.03. The van der Waals surface area contributed by atoms with E-state index < -0.39 is 0 Å². The lowest BCUT2D eigenvalue weighted by Crippen LogP contribution is -2.29. The quantitative estimate of drug-likeness (QED) is 0.588. The Balaban J connectivity index is 1.31. The van der Waals surface area contributed by atoms with Crippen molar-refractivity contribution >= 4 is 5.91 Å². The number of benzene rings is 2. The molecule has 0 radical (unpaired) electrons. The third-order valence-corrected chi connectivity index (χ3v) is 5.87. The summed E-state index contributed by atoms with van der Waals surface area (Å²) in [5.41, 5.74) is 3.63. The maximum Gasteiger partial charge on any atom is 0.222 e. The van der Waals surface area contributed by atoms with Crippen molar-refractivity contribution in [3.8, 4) is 11.4 Å². The molecule has 4 heteroatoms. The molecule has 150 valence electrons. The number of rotatable bonds is 7. The van der Waals surface area contributed by atoms with Gasteiger partial charge in [-0.25, -0.2) is 4.98 Å². The van der Waals surface area contributed by atoms with E-state index in [4.69, 9.17) is 0 Å². The molecule has 1 aliphatic heterocycles. The summed E-state index contributed by atoms with van der Waals surface area (Å²) >= 11 is 0. The largest absolute Gasteiger partial charge is 0.342 e. The van der Waals surface area contributed by atoms with Crippen LogP contribution in [0.5, 0.6) is 0 Å². The fourth-order valence-corrected chi connectivity index (χ4v) is 4.22. The molecule has 0 aliphatic carbocycles. The summed E-state index contributed by atoms with van der Waals surface area (Å²) in [6.07, 6.45) is 5.54. The third kappa shape index (κ3) is 4.76. The molecule has 2 aromatic carbocycles. The van der Waals surface area contributed by atoms with Crippen LogP contribution in [0.15, 0.2) is 66.9 Å². The van der Waals surface area contributed by atoms with Gasteiger partial charge in [0.25, 0.3) is 0 Å². The van der Waals surface area contributed by atoms with Crippen molar-refractivity contribution in [2.75, 3.05) is 13.1 Å². The van der Waals surface area contributed by atoms with Gasteiger partial charge in [0.2, 0.25) is 5.91 Å². The van der Waals surface area contributed by atoms with Gasteiger partial charge in [-0.1, -0.05) is 60.7 Å². The van der Waals surface area contributed by atoms with E-state index in [1.165, 1.54) is 11.3 Å². The minimum Gasteiger partial charge on any atom is -0.342 e. The van der Waals surface area contributed by atoms with Crippen molar-refractivity contribution < 1.29 is 4.79 Å². The molecule has 1 aliphatic rings. The summed E-state index contributed by atoms with van der Waals surface area (Å²) < 4.78 is 2.31. The van der Waals surface area contributed by atoms with Gasteiger partial charge in [0, 0.05) is 43.5 Å². The number of amides is 1. The highest BCUT2D eigenvalue weighted by Gasteiger charge is 2.27. The molecule has 0 spiro atoms. The lowest BCUT2D eigenvalue weighted by atomic mass is 10.1. The highest BCUT2D eigenvalue weighted by atomic mass is 16.2. The van der Waals surface area contributed by atoms with Gasteiger partial charge in [0.15, 0.2) is 0 Å². The molecule has 1 saturated heterocycles. The molecule has 4 rings (SSSR count). The van der Waals surface area contributed by atoms with E-state index in [2.05, 4.69) is 69.9 Å². The highest BCUT2D eigenvalue weighted by Crippen LogP contribution is 2.25. The first-order chi connectivity index (χ1) is 14.2. The monoisotopic (exact) mass is 387 g/mol. The molecule has 1 amide bonds. The summed E-state index contributed by atoms with van der Waals surface area (Å²) in [4.78, 5) is 19.3. The predicted molar refractivity (Wildman–Crippen MR) is 116 cm³/mol. The number of hydrogen-bond acceptors (Lipinski definition) is 2. The van der Waals surface area contributed by atoms with Crippen molar-refractivity contribution in [3.05, 3.63) is 78.1 Å². The number of aryl methyl sites for hydroxylation is 2. The molecule has 4 nitrogen and oxygen atoms in total. The van der Waals surface area contributed by atoms with Crippen LogP contribution in [0.4, 0.5) is 0 Å². The van der Waals surface area contributed by atoms with Gasteiger partial charge in [-0.3, -0.25) is 4.79 Å². The average molecular weight is 388 g/mol. The minimum atomic E-state index is 0.300. The number of hydrogen-bond donors (Lipinski definition) is 0. The van der Waals surface area contributed by atoms with Crippen LogP contribution in [-0.4, -0.2) is 33.4 Å². The van der Waals surface area contributed by atoms with E-state index in [9.17, 15) is 4.79 Å². The lowest BCUT2D eigenvalue weighted by Gasteiger charge is -2.18. The van der Waals surface area contributed by atoms with E-state index in [1.54, 1.807) is 0 Å². The predicted octanol–water partition coefficient (Wildman–Crippen LogP) is 4.73. The number of likely N-dealkylation sites (tertiary alicyclic amines) is 1. The fraction of sp³-hybridized carbons (Fsp3) is 0.360. The van der Waals surface area contributed by atoms with Crippen molar-refractivity contribution in [2.45, 2.75) is 39.2 Å². The van der Waals surface area contributed by atoms with Gasteiger partial charge in [-0.2, -0.15) is 0 Å².